The summed E-state index contributed by atoms with van der Waals surface area (Å²) in [4.78, 5) is 17.8. The topological polar surface area (TPSA) is 88.7 Å². The average Bonchev–Trinajstić information content (AvgIpc) is 3.32. The van der Waals surface area contributed by atoms with E-state index in [4.69, 9.17) is 26.0 Å². The zero-order valence-corrected chi connectivity index (χ0v) is 20.8. The second kappa shape index (κ2) is 10.1. The molecule has 0 aliphatic carbocycles. The van der Waals surface area contributed by atoms with Crippen molar-refractivity contribution in [2.24, 2.45) is 5.92 Å². The highest BCUT2D eigenvalue weighted by atomic mass is 35.5. The molecular formula is C28H26ClN3O4. The predicted octanol–water partition coefficient (Wildman–Crippen LogP) is 5.69. The van der Waals surface area contributed by atoms with Crippen molar-refractivity contribution in [3.63, 3.8) is 0 Å². The van der Waals surface area contributed by atoms with Gasteiger partial charge in [-0.25, -0.2) is 0 Å². The number of carboxylic acid groups (broad SMARTS) is 1. The summed E-state index contributed by atoms with van der Waals surface area (Å²) in [5, 5.41) is 13.8. The maximum absolute atomic E-state index is 11.0. The fourth-order valence-corrected chi connectivity index (χ4v) is 4.42. The summed E-state index contributed by atoms with van der Waals surface area (Å²) in [7, 11) is 0. The van der Waals surface area contributed by atoms with Gasteiger partial charge in [-0.05, 0) is 48.7 Å². The molecule has 7 nitrogen and oxygen atoms in total. The summed E-state index contributed by atoms with van der Waals surface area (Å²) < 4.78 is 12.0. The van der Waals surface area contributed by atoms with Crippen molar-refractivity contribution < 1.29 is 19.2 Å². The largest absolute Gasteiger partial charge is 0.481 e. The van der Waals surface area contributed by atoms with Crippen molar-refractivity contribution in [1.82, 2.24) is 15.0 Å². The first-order valence-corrected chi connectivity index (χ1v) is 12.1. The Bertz CT molecular complexity index is 1380. The lowest BCUT2D eigenvalue weighted by Gasteiger charge is -2.36. The maximum atomic E-state index is 11.0. The van der Waals surface area contributed by atoms with Crippen LogP contribution >= 0.6 is 11.6 Å². The Kier molecular flexibility index (Phi) is 6.76. The molecule has 1 aromatic heterocycles. The molecule has 1 aliphatic heterocycles. The van der Waals surface area contributed by atoms with Crippen LogP contribution in [0.2, 0.25) is 5.02 Å². The molecule has 5 rings (SSSR count). The number of aryl methyl sites for hydroxylation is 2. The molecule has 36 heavy (non-hydrogen) atoms. The van der Waals surface area contributed by atoms with E-state index in [1.807, 2.05) is 67.6 Å². The molecule has 2 heterocycles. The van der Waals surface area contributed by atoms with Crippen molar-refractivity contribution in [3.05, 3.63) is 99.9 Å². The number of ether oxygens (including phenoxy) is 1. The fourth-order valence-electron chi connectivity index (χ4n) is 4.19. The summed E-state index contributed by atoms with van der Waals surface area (Å²) in [5.41, 5.74) is 4.93. The second-order valence-corrected chi connectivity index (χ2v) is 9.56. The van der Waals surface area contributed by atoms with Gasteiger partial charge >= 0.3 is 5.97 Å². The summed E-state index contributed by atoms with van der Waals surface area (Å²) in [6.07, 6.45) is -0.671. The quantitative estimate of drug-likeness (QED) is 0.330. The molecule has 1 atom stereocenters. The first-order chi connectivity index (χ1) is 17.4. The van der Waals surface area contributed by atoms with Crippen LogP contribution < -0.4 is 4.74 Å². The zero-order valence-electron chi connectivity index (χ0n) is 20.0. The molecule has 1 saturated heterocycles. The van der Waals surface area contributed by atoms with E-state index in [2.05, 4.69) is 22.0 Å². The molecule has 0 bridgehead atoms. The van der Waals surface area contributed by atoms with E-state index in [0.717, 1.165) is 22.3 Å². The number of nitrogens with zero attached hydrogens (tertiary/aromatic N) is 3. The molecule has 0 spiro atoms. The van der Waals surface area contributed by atoms with E-state index in [1.54, 1.807) is 6.07 Å². The Balaban J connectivity index is 1.36. The number of aromatic nitrogens is 2. The normalized spacial score (nSPS) is 14.9. The first kappa shape index (κ1) is 24.0. The van der Waals surface area contributed by atoms with Gasteiger partial charge in [0.15, 0.2) is 0 Å². The van der Waals surface area contributed by atoms with Crippen LogP contribution in [-0.4, -0.2) is 39.2 Å². The average molecular weight is 504 g/mol. The van der Waals surface area contributed by atoms with Gasteiger partial charge in [-0.3, -0.25) is 9.69 Å². The first-order valence-electron chi connectivity index (χ1n) is 11.7. The number of hydrogen-bond donors (Lipinski definition) is 1. The Hall–Kier alpha value is -3.68. The highest BCUT2D eigenvalue weighted by Crippen LogP contribution is 2.33. The van der Waals surface area contributed by atoms with Gasteiger partial charge in [-0.2, -0.15) is 4.98 Å². The van der Waals surface area contributed by atoms with E-state index in [1.165, 1.54) is 5.56 Å². The summed E-state index contributed by atoms with van der Waals surface area (Å²) in [5.74, 6) is 0.446. The van der Waals surface area contributed by atoms with Crippen molar-refractivity contribution in [2.75, 3.05) is 13.1 Å². The van der Waals surface area contributed by atoms with Crippen LogP contribution in [0.5, 0.6) is 5.75 Å². The molecule has 1 aliphatic rings. The van der Waals surface area contributed by atoms with Crippen molar-refractivity contribution in [1.29, 1.82) is 0 Å². The third-order valence-electron chi connectivity index (χ3n) is 6.51. The van der Waals surface area contributed by atoms with E-state index < -0.39 is 12.1 Å². The molecule has 0 radical (unpaired) electrons. The SMILES string of the molecule is Cc1ccc(OC(c2nc(-c3ccc(CN4CC(C(=O)O)C4)cc3)no2)c2ccccc2Cl)cc1C. The molecular weight excluding hydrogens is 478 g/mol. The lowest BCUT2D eigenvalue weighted by atomic mass is 9.99. The van der Waals surface area contributed by atoms with Crippen molar-refractivity contribution >= 4 is 17.6 Å². The van der Waals surface area contributed by atoms with Crippen molar-refractivity contribution in [3.8, 4) is 17.1 Å². The smallest absolute Gasteiger partial charge is 0.309 e. The number of carboxylic acids is 1. The van der Waals surface area contributed by atoms with Gasteiger partial charge in [0.25, 0.3) is 5.89 Å². The van der Waals surface area contributed by atoms with E-state index in [0.29, 0.717) is 42.1 Å². The predicted molar refractivity (Wildman–Crippen MR) is 136 cm³/mol. The lowest BCUT2D eigenvalue weighted by molar-refractivity contribution is -0.147. The minimum Gasteiger partial charge on any atom is -0.481 e. The summed E-state index contributed by atoms with van der Waals surface area (Å²) >= 11 is 6.51. The van der Waals surface area contributed by atoms with Crippen LogP contribution in [0.1, 0.15) is 34.2 Å². The van der Waals surface area contributed by atoms with Crippen LogP contribution in [-0.2, 0) is 11.3 Å². The Morgan fingerprint density at radius 2 is 1.86 bits per heavy atom. The van der Waals surface area contributed by atoms with Gasteiger partial charge in [0.2, 0.25) is 11.9 Å². The van der Waals surface area contributed by atoms with Gasteiger partial charge < -0.3 is 14.4 Å². The van der Waals surface area contributed by atoms with Crippen molar-refractivity contribution in [2.45, 2.75) is 26.5 Å². The summed E-state index contributed by atoms with van der Waals surface area (Å²) in [6.45, 7) is 5.95. The standard InChI is InChI=1S/C28H26ClN3O4/c1-17-7-12-22(13-18(17)2)35-25(23-5-3-4-6-24(23)29)27-30-26(31-36-27)20-10-8-19(9-11-20)14-32-15-21(16-32)28(33)34/h3-13,21,25H,14-16H2,1-2H3,(H,33,34). The number of carbonyl (C=O) groups is 1. The fraction of sp³-hybridized carbons (Fsp3) is 0.250. The molecule has 4 aromatic rings. The molecule has 184 valence electrons. The highest BCUT2D eigenvalue weighted by molar-refractivity contribution is 6.31. The molecule has 0 saturated carbocycles. The number of aliphatic carboxylic acids is 1. The Morgan fingerprint density at radius 3 is 2.56 bits per heavy atom. The van der Waals surface area contributed by atoms with Crippen LogP contribution in [0.15, 0.2) is 71.3 Å². The monoisotopic (exact) mass is 503 g/mol. The number of likely N-dealkylation sites (tertiary alicyclic amines) is 1. The van der Waals surface area contributed by atoms with Gasteiger partial charge in [-0.1, -0.05) is 65.3 Å². The molecule has 1 unspecified atom stereocenters. The zero-order chi connectivity index (χ0) is 25.2. The van der Waals surface area contributed by atoms with Crippen LogP contribution in [0, 0.1) is 19.8 Å². The Labute approximate surface area is 214 Å². The van der Waals surface area contributed by atoms with Gasteiger partial charge in [0.1, 0.15) is 5.75 Å². The van der Waals surface area contributed by atoms with Crippen LogP contribution in [0.4, 0.5) is 0 Å². The van der Waals surface area contributed by atoms with E-state index in [-0.39, 0.29) is 5.92 Å². The number of hydrogen-bond acceptors (Lipinski definition) is 6. The third-order valence-corrected chi connectivity index (χ3v) is 6.85. The van der Waals surface area contributed by atoms with E-state index in [9.17, 15) is 4.79 Å². The molecule has 0 amide bonds. The van der Waals surface area contributed by atoms with Gasteiger partial charge in [-0.15, -0.1) is 0 Å². The van der Waals surface area contributed by atoms with Gasteiger partial charge in [0, 0.05) is 35.8 Å². The maximum Gasteiger partial charge on any atom is 0.309 e. The number of benzene rings is 3. The Morgan fingerprint density at radius 1 is 1.11 bits per heavy atom. The molecule has 8 heteroatoms. The molecule has 3 aromatic carbocycles. The van der Waals surface area contributed by atoms with Gasteiger partial charge in [0.05, 0.1) is 5.92 Å². The minimum absolute atomic E-state index is 0.265. The van der Waals surface area contributed by atoms with Crippen LogP contribution in [0.3, 0.4) is 0 Å². The lowest BCUT2D eigenvalue weighted by Crippen LogP contribution is -2.49. The molecule has 1 fully saturated rings. The van der Waals surface area contributed by atoms with E-state index >= 15 is 0 Å². The number of halogens is 1. The third kappa shape index (κ3) is 5.12. The minimum atomic E-state index is -0.730. The second-order valence-electron chi connectivity index (χ2n) is 9.15. The summed E-state index contributed by atoms with van der Waals surface area (Å²) in [6, 6.07) is 21.2. The molecule has 1 N–H and O–H groups in total. The highest BCUT2D eigenvalue weighted by Gasteiger charge is 2.32. The van der Waals surface area contributed by atoms with Crippen LogP contribution in [0.25, 0.3) is 11.4 Å². The number of rotatable bonds is 8.